The number of aromatic nitrogens is 3. The van der Waals surface area contributed by atoms with Gasteiger partial charge >= 0.3 is 11.9 Å². The molecule has 0 aliphatic carbocycles. The third-order valence-corrected chi connectivity index (χ3v) is 4.51. The van der Waals surface area contributed by atoms with Gasteiger partial charge in [-0.15, -0.1) is 0 Å². The molecule has 0 bridgehead atoms. The first kappa shape index (κ1) is 20.6. The minimum atomic E-state index is -4.62. The second kappa shape index (κ2) is 8.10. The molecule has 1 aromatic carbocycles. The highest BCUT2D eigenvalue weighted by atomic mass is 19.4. The van der Waals surface area contributed by atoms with Gasteiger partial charge in [0.2, 0.25) is 11.8 Å². The van der Waals surface area contributed by atoms with E-state index in [1.807, 2.05) is 0 Å². The van der Waals surface area contributed by atoms with Crippen molar-refractivity contribution in [2.45, 2.75) is 51.9 Å². The summed E-state index contributed by atoms with van der Waals surface area (Å²) in [4.78, 5) is 36.1. The molecule has 2 amide bonds. The maximum Gasteiger partial charge on any atom is 0.416 e. The Morgan fingerprint density at radius 3 is 2.59 bits per heavy atom. The summed E-state index contributed by atoms with van der Waals surface area (Å²) in [7, 11) is 0. The molecule has 0 saturated carbocycles. The van der Waals surface area contributed by atoms with Gasteiger partial charge in [-0.1, -0.05) is 6.42 Å². The smallest absolute Gasteiger partial charge is 0.325 e. The summed E-state index contributed by atoms with van der Waals surface area (Å²) < 4.78 is 41.5. The number of hydrogen-bond donors (Lipinski definition) is 2. The summed E-state index contributed by atoms with van der Waals surface area (Å²) in [5.74, 6) is -0.640. The van der Waals surface area contributed by atoms with Crippen LogP contribution >= 0.6 is 0 Å². The summed E-state index contributed by atoms with van der Waals surface area (Å²) in [6, 6.07) is 2.59. The van der Waals surface area contributed by atoms with Crippen LogP contribution in [0.5, 0.6) is 0 Å². The van der Waals surface area contributed by atoms with Gasteiger partial charge in [-0.2, -0.15) is 18.3 Å². The SMILES string of the molecule is CC(=O)Nc1ccc(C(F)(F)F)cc1NC(=O)Cn1nc2n(c1=O)CCCCC2. The number of fused-ring (bicyclic) bond motifs is 1. The fourth-order valence-corrected chi connectivity index (χ4v) is 3.18. The molecule has 0 spiro atoms. The highest BCUT2D eigenvalue weighted by Gasteiger charge is 2.31. The molecule has 2 heterocycles. The number of nitrogens with zero attached hydrogens (tertiary/aromatic N) is 3. The van der Waals surface area contributed by atoms with Crippen LogP contribution in [0, 0.1) is 0 Å². The molecule has 2 aromatic rings. The second-order valence-electron chi connectivity index (χ2n) is 6.81. The number of anilines is 2. The van der Waals surface area contributed by atoms with Crippen molar-refractivity contribution in [2.24, 2.45) is 0 Å². The molecule has 156 valence electrons. The highest BCUT2D eigenvalue weighted by Crippen LogP contribution is 2.34. The molecule has 0 saturated heterocycles. The van der Waals surface area contributed by atoms with Crippen molar-refractivity contribution in [3.63, 3.8) is 0 Å². The van der Waals surface area contributed by atoms with E-state index >= 15 is 0 Å². The van der Waals surface area contributed by atoms with E-state index in [2.05, 4.69) is 15.7 Å². The number of carbonyl (C=O) groups excluding carboxylic acids is 2. The van der Waals surface area contributed by atoms with Crippen molar-refractivity contribution in [1.82, 2.24) is 14.3 Å². The number of carbonyl (C=O) groups is 2. The van der Waals surface area contributed by atoms with Gasteiger partial charge in [-0.25, -0.2) is 9.48 Å². The second-order valence-corrected chi connectivity index (χ2v) is 6.81. The van der Waals surface area contributed by atoms with E-state index in [4.69, 9.17) is 0 Å². The molecular weight excluding hydrogens is 391 g/mol. The quantitative estimate of drug-likeness (QED) is 0.807. The first-order chi connectivity index (χ1) is 13.6. The van der Waals surface area contributed by atoms with Crippen molar-refractivity contribution in [3.8, 4) is 0 Å². The molecule has 1 aliphatic heterocycles. The van der Waals surface area contributed by atoms with Crippen LogP contribution in [-0.2, 0) is 35.3 Å². The zero-order valence-corrected chi connectivity index (χ0v) is 15.7. The van der Waals surface area contributed by atoms with Gasteiger partial charge in [0.1, 0.15) is 12.4 Å². The van der Waals surface area contributed by atoms with Crippen LogP contribution in [0.1, 0.15) is 37.6 Å². The Balaban J connectivity index is 1.83. The molecule has 1 aromatic heterocycles. The molecule has 2 N–H and O–H groups in total. The molecule has 0 fully saturated rings. The zero-order chi connectivity index (χ0) is 21.2. The number of halogens is 3. The molecule has 3 rings (SSSR count). The van der Waals surface area contributed by atoms with Crippen LogP contribution in [0.4, 0.5) is 24.5 Å². The average molecular weight is 411 g/mol. The molecule has 1 aliphatic rings. The van der Waals surface area contributed by atoms with Crippen LogP contribution in [0.25, 0.3) is 0 Å². The van der Waals surface area contributed by atoms with Gasteiger partial charge in [-0.05, 0) is 31.0 Å². The normalized spacial score (nSPS) is 14.1. The van der Waals surface area contributed by atoms with Gasteiger partial charge in [0.05, 0.1) is 16.9 Å². The van der Waals surface area contributed by atoms with Gasteiger partial charge in [0.25, 0.3) is 0 Å². The van der Waals surface area contributed by atoms with Crippen LogP contribution in [0.2, 0.25) is 0 Å². The van der Waals surface area contributed by atoms with E-state index in [1.165, 1.54) is 11.5 Å². The topological polar surface area (TPSA) is 98.0 Å². The lowest BCUT2D eigenvalue weighted by atomic mass is 10.1. The Morgan fingerprint density at radius 2 is 1.90 bits per heavy atom. The van der Waals surface area contributed by atoms with Crippen LogP contribution in [0.3, 0.4) is 0 Å². The first-order valence-corrected chi connectivity index (χ1v) is 9.10. The average Bonchev–Trinajstić information content (AvgIpc) is 2.79. The van der Waals surface area contributed by atoms with Crippen LogP contribution < -0.4 is 16.3 Å². The Morgan fingerprint density at radius 1 is 1.14 bits per heavy atom. The molecule has 0 radical (unpaired) electrons. The van der Waals surface area contributed by atoms with Crippen molar-refractivity contribution in [2.75, 3.05) is 10.6 Å². The van der Waals surface area contributed by atoms with Gasteiger partial charge in [0.15, 0.2) is 0 Å². The summed E-state index contributed by atoms with van der Waals surface area (Å²) in [5, 5.41) is 8.88. The first-order valence-electron chi connectivity index (χ1n) is 9.10. The zero-order valence-electron chi connectivity index (χ0n) is 15.7. The van der Waals surface area contributed by atoms with Crippen molar-refractivity contribution in [1.29, 1.82) is 0 Å². The standard InChI is InChI=1S/C18H20F3N5O3/c1-11(27)22-13-7-6-12(18(19,20)21)9-14(13)23-16(28)10-26-17(29)25-8-4-2-3-5-15(25)24-26/h6-7,9H,2-5,8,10H2,1H3,(H,22,27)(H,23,28). The lowest BCUT2D eigenvalue weighted by Crippen LogP contribution is -2.30. The minimum Gasteiger partial charge on any atom is -0.325 e. The largest absolute Gasteiger partial charge is 0.416 e. The Kier molecular flexibility index (Phi) is 5.76. The third-order valence-electron chi connectivity index (χ3n) is 4.51. The van der Waals surface area contributed by atoms with E-state index in [-0.39, 0.29) is 11.4 Å². The van der Waals surface area contributed by atoms with E-state index in [1.54, 1.807) is 0 Å². The molecule has 8 nitrogen and oxygen atoms in total. The summed E-state index contributed by atoms with van der Waals surface area (Å²) in [6.07, 6.45) is -1.26. The van der Waals surface area contributed by atoms with E-state index in [9.17, 15) is 27.6 Å². The molecular formula is C18H20F3N5O3. The number of hydrogen-bond acceptors (Lipinski definition) is 4. The predicted octanol–water partition coefficient (Wildman–Crippen LogP) is 2.39. The Labute approximate surface area is 163 Å². The number of amides is 2. The number of benzene rings is 1. The third kappa shape index (κ3) is 4.84. The summed E-state index contributed by atoms with van der Waals surface area (Å²) in [6.45, 7) is 1.27. The van der Waals surface area contributed by atoms with E-state index < -0.39 is 35.8 Å². The van der Waals surface area contributed by atoms with Gasteiger partial charge in [-0.3, -0.25) is 14.2 Å². The number of nitrogens with one attached hydrogen (secondary N) is 2. The summed E-state index contributed by atoms with van der Waals surface area (Å²) in [5.41, 5.74) is -1.60. The van der Waals surface area contributed by atoms with Crippen molar-refractivity contribution in [3.05, 3.63) is 40.1 Å². The Bertz CT molecular complexity index is 994. The summed E-state index contributed by atoms with van der Waals surface area (Å²) >= 11 is 0. The molecule has 0 atom stereocenters. The number of alkyl halides is 3. The lowest BCUT2D eigenvalue weighted by Gasteiger charge is -2.14. The predicted molar refractivity (Wildman–Crippen MR) is 98.4 cm³/mol. The fourth-order valence-electron chi connectivity index (χ4n) is 3.18. The van der Waals surface area contributed by atoms with E-state index in [0.717, 1.165) is 42.1 Å². The molecule has 0 unspecified atom stereocenters. The van der Waals surface area contributed by atoms with Crippen molar-refractivity contribution >= 4 is 23.2 Å². The molecule has 29 heavy (non-hydrogen) atoms. The lowest BCUT2D eigenvalue weighted by molar-refractivity contribution is -0.137. The maximum atomic E-state index is 13.0. The fraction of sp³-hybridized carbons (Fsp3) is 0.444. The number of aryl methyl sites for hydroxylation is 1. The maximum absolute atomic E-state index is 13.0. The number of rotatable bonds is 4. The molecule has 11 heteroatoms. The van der Waals surface area contributed by atoms with Crippen molar-refractivity contribution < 1.29 is 22.8 Å². The van der Waals surface area contributed by atoms with Gasteiger partial charge in [0, 0.05) is 19.9 Å². The highest BCUT2D eigenvalue weighted by molar-refractivity contribution is 5.98. The monoisotopic (exact) mass is 411 g/mol. The van der Waals surface area contributed by atoms with E-state index in [0.29, 0.717) is 18.8 Å². The van der Waals surface area contributed by atoms with Crippen LogP contribution in [-0.4, -0.2) is 26.2 Å². The van der Waals surface area contributed by atoms with Gasteiger partial charge < -0.3 is 10.6 Å². The van der Waals surface area contributed by atoms with Crippen LogP contribution in [0.15, 0.2) is 23.0 Å². The Hall–Kier alpha value is -3.11. The minimum absolute atomic E-state index is 0.0202.